The van der Waals surface area contributed by atoms with Crippen LogP contribution in [0.1, 0.15) is 24.3 Å². The van der Waals surface area contributed by atoms with Gasteiger partial charge in [-0.1, -0.05) is 29.3 Å². The summed E-state index contributed by atoms with van der Waals surface area (Å²) in [5.41, 5.74) is 1.08. The number of amides is 1. The Labute approximate surface area is 98.6 Å². The van der Waals surface area contributed by atoms with Crippen molar-refractivity contribution < 1.29 is 4.79 Å². The molecule has 1 fully saturated rings. The summed E-state index contributed by atoms with van der Waals surface area (Å²) in [6.45, 7) is 0. The fourth-order valence-electron chi connectivity index (χ4n) is 1.96. The van der Waals surface area contributed by atoms with E-state index >= 15 is 0 Å². The maximum Gasteiger partial charge on any atom is 0.207 e. The molecule has 2 atom stereocenters. The molecule has 1 amide bonds. The Kier molecular flexibility index (Phi) is 3.17. The van der Waals surface area contributed by atoms with Crippen LogP contribution in [0.3, 0.4) is 0 Å². The molecule has 4 heteroatoms. The van der Waals surface area contributed by atoms with Gasteiger partial charge in [-0.15, -0.1) is 0 Å². The molecule has 1 aliphatic rings. The topological polar surface area (TPSA) is 29.1 Å². The number of carbonyl (C=O) groups excluding carboxylic acids is 1. The van der Waals surface area contributed by atoms with Gasteiger partial charge in [-0.25, -0.2) is 0 Å². The molecule has 15 heavy (non-hydrogen) atoms. The van der Waals surface area contributed by atoms with Gasteiger partial charge in [0.2, 0.25) is 6.41 Å². The summed E-state index contributed by atoms with van der Waals surface area (Å²) in [5.74, 6) is 0.333. The van der Waals surface area contributed by atoms with Gasteiger partial charge >= 0.3 is 0 Å². The monoisotopic (exact) mass is 243 g/mol. The van der Waals surface area contributed by atoms with Crippen LogP contribution >= 0.6 is 23.2 Å². The molecule has 1 N–H and O–H groups in total. The highest BCUT2D eigenvalue weighted by atomic mass is 35.5. The van der Waals surface area contributed by atoms with Crippen LogP contribution in [0, 0.1) is 0 Å². The molecule has 2 nitrogen and oxygen atoms in total. The average Bonchev–Trinajstić information content (AvgIpc) is 2.17. The average molecular weight is 244 g/mol. The highest BCUT2D eigenvalue weighted by Crippen LogP contribution is 2.40. The molecule has 2 unspecified atom stereocenters. The van der Waals surface area contributed by atoms with Gasteiger partial charge in [0.25, 0.3) is 0 Å². The maximum absolute atomic E-state index is 10.4. The molecule has 1 aromatic carbocycles. The molecule has 0 aliphatic heterocycles. The van der Waals surface area contributed by atoms with Gasteiger partial charge in [0.1, 0.15) is 0 Å². The fourth-order valence-corrected chi connectivity index (χ4v) is 2.51. The van der Waals surface area contributed by atoms with Gasteiger partial charge < -0.3 is 5.32 Å². The van der Waals surface area contributed by atoms with E-state index in [1.165, 1.54) is 0 Å². The summed E-state index contributed by atoms with van der Waals surface area (Å²) in [5, 5.41) is 4.13. The third-order valence-corrected chi connectivity index (χ3v) is 3.48. The second-order valence-electron chi connectivity index (χ2n) is 3.74. The lowest BCUT2D eigenvalue weighted by molar-refractivity contribution is -0.110. The van der Waals surface area contributed by atoms with Crippen molar-refractivity contribution in [3.63, 3.8) is 0 Å². The Morgan fingerprint density at radius 1 is 1.33 bits per heavy atom. The minimum absolute atomic E-state index is 0.223. The lowest BCUT2D eigenvalue weighted by Crippen LogP contribution is -2.41. The zero-order valence-corrected chi connectivity index (χ0v) is 9.55. The Bertz CT molecular complexity index is 381. The van der Waals surface area contributed by atoms with E-state index in [0.29, 0.717) is 16.0 Å². The van der Waals surface area contributed by atoms with Crippen LogP contribution in [-0.2, 0) is 4.79 Å². The van der Waals surface area contributed by atoms with E-state index in [1.807, 2.05) is 12.1 Å². The molecule has 80 valence electrons. The summed E-state index contributed by atoms with van der Waals surface area (Å²) in [4.78, 5) is 10.4. The van der Waals surface area contributed by atoms with Crippen molar-refractivity contribution in [2.75, 3.05) is 0 Å². The zero-order valence-electron chi connectivity index (χ0n) is 8.04. The SMILES string of the molecule is O=CNC1CCC1c1ccc(Cl)cc1Cl. The van der Waals surface area contributed by atoms with Gasteiger partial charge in [-0.05, 0) is 30.5 Å². The summed E-state index contributed by atoms with van der Waals surface area (Å²) in [6.07, 6.45) is 2.83. The van der Waals surface area contributed by atoms with Crippen molar-refractivity contribution in [1.29, 1.82) is 0 Å². The van der Waals surface area contributed by atoms with Crippen LogP contribution < -0.4 is 5.32 Å². The Morgan fingerprint density at radius 3 is 2.67 bits per heavy atom. The second-order valence-corrected chi connectivity index (χ2v) is 4.58. The molecule has 1 aromatic rings. The number of benzene rings is 1. The summed E-state index contributed by atoms with van der Waals surface area (Å²) < 4.78 is 0. The van der Waals surface area contributed by atoms with Crippen molar-refractivity contribution >= 4 is 29.6 Å². The highest BCUT2D eigenvalue weighted by molar-refractivity contribution is 6.35. The van der Waals surface area contributed by atoms with Crippen LogP contribution in [0.15, 0.2) is 18.2 Å². The Hall–Kier alpha value is -0.730. The minimum Gasteiger partial charge on any atom is -0.355 e. The van der Waals surface area contributed by atoms with E-state index in [9.17, 15) is 4.79 Å². The quantitative estimate of drug-likeness (QED) is 0.813. The highest BCUT2D eigenvalue weighted by Gasteiger charge is 2.32. The number of rotatable bonds is 3. The van der Waals surface area contributed by atoms with E-state index in [4.69, 9.17) is 23.2 Å². The second kappa shape index (κ2) is 4.42. The van der Waals surface area contributed by atoms with Gasteiger partial charge in [0.15, 0.2) is 0 Å². The van der Waals surface area contributed by atoms with Crippen LogP contribution in [0.25, 0.3) is 0 Å². The van der Waals surface area contributed by atoms with E-state index in [0.717, 1.165) is 24.8 Å². The first-order valence-corrected chi connectivity index (χ1v) is 5.62. The minimum atomic E-state index is 0.223. The van der Waals surface area contributed by atoms with Crippen molar-refractivity contribution in [3.05, 3.63) is 33.8 Å². The number of carbonyl (C=O) groups is 1. The fraction of sp³-hybridized carbons (Fsp3) is 0.364. The predicted molar refractivity (Wildman–Crippen MR) is 61.4 cm³/mol. The first kappa shape index (κ1) is 10.8. The normalized spacial score (nSPS) is 24.4. The van der Waals surface area contributed by atoms with Crippen LogP contribution in [0.2, 0.25) is 10.0 Å². The van der Waals surface area contributed by atoms with Crippen molar-refractivity contribution in [2.45, 2.75) is 24.8 Å². The van der Waals surface area contributed by atoms with E-state index < -0.39 is 0 Å². The van der Waals surface area contributed by atoms with Crippen LogP contribution in [0.4, 0.5) is 0 Å². The lowest BCUT2D eigenvalue weighted by atomic mass is 9.75. The molecule has 0 saturated heterocycles. The number of nitrogens with one attached hydrogen (secondary N) is 1. The smallest absolute Gasteiger partial charge is 0.207 e. The molecule has 1 aliphatic carbocycles. The van der Waals surface area contributed by atoms with Crippen molar-refractivity contribution in [1.82, 2.24) is 5.32 Å². The van der Waals surface area contributed by atoms with Crippen LogP contribution in [0.5, 0.6) is 0 Å². The zero-order chi connectivity index (χ0) is 10.8. The maximum atomic E-state index is 10.4. The van der Waals surface area contributed by atoms with E-state index in [2.05, 4.69) is 5.32 Å². The Balaban J connectivity index is 2.19. The molecule has 0 spiro atoms. The van der Waals surface area contributed by atoms with Crippen molar-refractivity contribution in [2.24, 2.45) is 0 Å². The standard InChI is InChI=1S/C11H11Cl2NO/c12-7-1-2-8(10(13)5-7)9-3-4-11(9)14-6-15/h1-2,5-6,9,11H,3-4H2,(H,14,15). The van der Waals surface area contributed by atoms with E-state index in [1.54, 1.807) is 6.07 Å². The molecule has 0 radical (unpaired) electrons. The van der Waals surface area contributed by atoms with Crippen LogP contribution in [-0.4, -0.2) is 12.5 Å². The first-order chi connectivity index (χ1) is 7.22. The lowest BCUT2D eigenvalue weighted by Gasteiger charge is -2.36. The molecular formula is C11H11Cl2NO. The first-order valence-electron chi connectivity index (χ1n) is 4.87. The molecule has 0 aromatic heterocycles. The van der Waals surface area contributed by atoms with E-state index in [-0.39, 0.29) is 6.04 Å². The summed E-state index contributed by atoms with van der Waals surface area (Å²) >= 11 is 11.9. The third kappa shape index (κ3) is 2.11. The summed E-state index contributed by atoms with van der Waals surface area (Å²) in [6, 6.07) is 5.74. The number of halogens is 2. The van der Waals surface area contributed by atoms with Gasteiger partial charge in [-0.3, -0.25) is 4.79 Å². The molecule has 2 rings (SSSR count). The largest absolute Gasteiger partial charge is 0.355 e. The molecule has 0 bridgehead atoms. The molecule has 0 heterocycles. The predicted octanol–water partition coefficient (Wildman–Crippen LogP) is 2.99. The van der Waals surface area contributed by atoms with Gasteiger partial charge in [-0.2, -0.15) is 0 Å². The molecular weight excluding hydrogens is 233 g/mol. The Morgan fingerprint density at radius 2 is 2.13 bits per heavy atom. The van der Waals surface area contributed by atoms with Gasteiger partial charge in [0.05, 0.1) is 0 Å². The number of hydrogen-bond donors (Lipinski definition) is 1. The molecule has 1 saturated carbocycles. The van der Waals surface area contributed by atoms with Gasteiger partial charge in [0, 0.05) is 22.0 Å². The van der Waals surface area contributed by atoms with Crippen molar-refractivity contribution in [3.8, 4) is 0 Å². The summed E-state index contributed by atoms with van der Waals surface area (Å²) in [7, 11) is 0. The number of hydrogen-bond acceptors (Lipinski definition) is 1. The third-order valence-electron chi connectivity index (χ3n) is 2.92.